The molecule has 0 aliphatic carbocycles. The maximum atomic E-state index is 12.1. The Hall–Kier alpha value is -1.81. The molecule has 4 nitrogen and oxygen atoms in total. The van der Waals surface area contributed by atoms with Gasteiger partial charge in [-0.25, -0.2) is 0 Å². The number of benzene rings is 1. The van der Waals surface area contributed by atoms with Crippen LogP contribution in [0.2, 0.25) is 0 Å². The van der Waals surface area contributed by atoms with Crippen LogP contribution in [0.1, 0.15) is 11.1 Å². The van der Waals surface area contributed by atoms with Gasteiger partial charge in [0.1, 0.15) is 5.75 Å². The fraction of sp³-hybridized carbons (Fsp3) is 0.308. The summed E-state index contributed by atoms with van der Waals surface area (Å²) >= 11 is 0. The Kier molecular flexibility index (Phi) is 2.90. The SMILES string of the molecule is COc1cccc2c(C)c(CN)c(=O)n(C)c12. The molecular weight excluding hydrogens is 216 g/mol. The Morgan fingerprint density at radius 2 is 2.12 bits per heavy atom. The van der Waals surface area contributed by atoms with Crippen molar-refractivity contribution >= 4 is 10.9 Å². The van der Waals surface area contributed by atoms with Crippen LogP contribution in [0.25, 0.3) is 10.9 Å². The van der Waals surface area contributed by atoms with Crippen molar-refractivity contribution in [2.24, 2.45) is 12.8 Å². The number of nitrogens with zero attached hydrogens (tertiary/aromatic N) is 1. The van der Waals surface area contributed by atoms with Gasteiger partial charge in [-0.05, 0) is 18.6 Å². The smallest absolute Gasteiger partial charge is 0.255 e. The predicted molar refractivity (Wildman–Crippen MR) is 68.4 cm³/mol. The van der Waals surface area contributed by atoms with Crippen molar-refractivity contribution in [1.29, 1.82) is 0 Å². The molecule has 17 heavy (non-hydrogen) atoms. The number of ether oxygens (including phenoxy) is 1. The molecule has 0 aliphatic heterocycles. The van der Waals surface area contributed by atoms with Gasteiger partial charge >= 0.3 is 0 Å². The molecule has 4 heteroatoms. The Labute approximate surface area is 99.6 Å². The number of methoxy groups -OCH3 is 1. The van der Waals surface area contributed by atoms with Gasteiger partial charge in [0.15, 0.2) is 0 Å². The second-order valence-electron chi connectivity index (χ2n) is 4.03. The van der Waals surface area contributed by atoms with E-state index in [-0.39, 0.29) is 12.1 Å². The van der Waals surface area contributed by atoms with Gasteiger partial charge in [0.25, 0.3) is 5.56 Å². The van der Waals surface area contributed by atoms with E-state index in [9.17, 15) is 4.79 Å². The molecule has 0 atom stereocenters. The molecule has 0 saturated heterocycles. The van der Waals surface area contributed by atoms with Gasteiger partial charge < -0.3 is 15.0 Å². The third-order valence-electron chi connectivity index (χ3n) is 3.18. The van der Waals surface area contributed by atoms with Gasteiger partial charge in [-0.15, -0.1) is 0 Å². The van der Waals surface area contributed by atoms with Crippen molar-refractivity contribution in [3.05, 3.63) is 39.7 Å². The highest BCUT2D eigenvalue weighted by molar-refractivity contribution is 5.88. The summed E-state index contributed by atoms with van der Waals surface area (Å²) in [4.78, 5) is 12.1. The largest absolute Gasteiger partial charge is 0.495 e. The highest BCUT2D eigenvalue weighted by atomic mass is 16.5. The molecule has 2 aromatic rings. The fourth-order valence-electron chi connectivity index (χ4n) is 2.20. The number of para-hydroxylation sites is 1. The van der Waals surface area contributed by atoms with E-state index in [1.54, 1.807) is 18.7 Å². The Morgan fingerprint density at radius 1 is 1.41 bits per heavy atom. The van der Waals surface area contributed by atoms with E-state index in [2.05, 4.69) is 0 Å². The number of hydrogen-bond acceptors (Lipinski definition) is 3. The number of aromatic nitrogens is 1. The van der Waals surface area contributed by atoms with Crippen LogP contribution in [0.4, 0.5) is 0 Å². The molecule has 1 heterocycles. The molecule has 1 aromatic carbocycles. The van der Waals surface area contributed by atoms with Crippen LogP contribution in [0.15, 0.2) is 23.0 Å². The van der Waals surface area contributed by atoms with E-state index in [1.807, 2.05) is 25.1 Å². The van der Waals surface area contributed by atoms with Crippen LogP contribution in [-0.2, 0) is 13.6 Å². The van der Waals surface area contributed by atoms with Gasteiger partial charge in [-0.1, -0.05) is 12.1 Å². The minimum atomic E-state index is -0.0537. The molecule has 0 fully saturated rings. The van der Waals surface area contributed by atoms with Gasteiger partial charge in [0, 0.05) is 24.5 Å². The third kappa shape index (κ3) is 1.61. The molecule has 2 rings (SSSR count). The molecule has 0 aliphatic rings. The van der Waals surface area contributed by atoms with Crippen LogP contribution in [0.5, 0.6) is 5.75 Å². The quantitative estimate of drug-likeness (QED) is 0.849. The number of hydrogen-bond donors (Lipinski definition) is 1. The molecule has 2 N–H and O–H groups in total. The lowest BCUT2D eigenvalue weighted by molar-refractivity contribution is 0.417. The lowest BCUT2D eigenvalue weighted by Gasteiger charge is -2.14. The number of nitrogens with two attached hydrogens (primary N) is 1. The highest BCUT2D eigenvalue weighted by Gasteiger charge is 2.13. The second-order valence-corrected chi connectivity index (χ2v) is 4.03. The predicted octanol–water partition coefficient (Wildman–Crippen LogP) is 1.31. The zero-order chi connectivity index (χ0) is 12.6. The summed E-state index contributed by atoms with van der Waals surface area (Å²) < 4.78 is 6.90. The molecular formula is C13H16N2O2. The van der Waals surface area contributed by atoms with E-state index >= 15 is 0 Å². The second kappa shape index (κ2) is 4.22. The van der Waals surface area contributed by atoms with Gasteiger partial charge in [0.05, 0.1) is 12.6 Å². The Balaban J connectivity index is 3.03. The maximum Gasteiger partial charge on any atom is 0.255 e. The molecule has 0 saturated carbocycles. The lowest BCUT2D eigenvalue weighted by Crippen LogP contribution is -2.25. The summed E-state index contributed by atoms with van der Waals surface area (Å²) in [6, 6.07) is 5.74. The molecule has 1 aromatic heterocycles. The van der Waals surface area contributed by atoms with E-state index in [0.717, 1.165) is 16.5 Å². The maximum absolute atomic E-state index is 12.1. The van der Waals surface area contributed by atoms with Gasteiger partial charge in [0.2, 0.25) is 0 Å². The van der Waals surface area contributed by atoms with Crippen molar-refractivity contribution in [3.8, 4) is 5.75 Å². The first-order valence-electron chi connectivity index (χ1n) is 5.47. The fourth-order valence-corrected chi connectivity index (χ4v) is 2.20. The number of aryl methyl sites for hydroxylation is 2. The summed E-state index contributed by atoms with van der Waals surface area (Å²) in [5, 5.41) is 1.01. The van der Waals surface area contributed by atoms with E-state index in [0.29, 0.717) is 11.3 Å². The topological polar surface area (TPSA) is 57.2 Å². The van der Waals surface area contributed by atoms with Crippen molar-refractivity contribution < 1.29 is 4.74 Å². The summed E-state index contributed by atoms with van der Waals surface area (Å²) in [5.41, 5.74) is 7.99. The molecule has 90 valence electrons. The monoisotopic (exact) mass is 232 g/mol. The summed E-state index contributed by atoms with van der Waals surface area (Å²) in [6.45, 7) is 2.18. The van der Waals surface area contributed by atoms with Crippen LogP contribution in [0, 0.1) is 6.92 Å². The molecule has 0 radical (unpaired) electrons. The molecule has 0 amide bonds. The first kappa shape index (κ1) is 11.7. The average Bonchev–Trinajstić information content (AvgIpc) is 2.36. The zero-order valence-corrected chi connectivity index (χ0v) is 10.3. The molecule has 0 bridgehead atoms. The van der Waals surface area contributed by atoms with Crippen molar-refractivity contribution in [2.45, 2.75) is 13.5 Å². The van der Waals surface area contributed by atoms with Gasteiger partial charge in [-0.3, -0.25) is 4.79 Å². The normalized spacial score (nSPS) is 10.8. The summed E-state index contributed by atoms with van der Waals surface area (Å²) in [5.74, 6) is 0.703. The van der Waals surface area contributed by atoms with E-state index in [1.165, 1.54) is 0 Å². The van der Waals surface area contributed by atoms with Crippen LogP contribution < -0.4 is 16.0 Å². The number of pyridine rings is 1. The van der Waals surface area contributed by atoms with Crippen LogP contribution in [-0.4, -0.2) is 11.7 Å². The van der Waals surface area contributed by atoms with Crippen molar-refractivity contribution in [1.82, 2.24) is 4.57 Å². The minimum Gasteiger partial charge on any atom is -0.495 e. The zero-order valence-electron chi connectivity index (χ0n) is 10.3. The van der Waals surface area contributed by atoms with Crippen molar-refractivity contribution in [3.63, 3.8) is 0 Å². The Morgan fingerprint density at radius 3 is 2.71 bits per heavy atom. The van der Waals surface area contributed by atoms with Crippen LogP contribution >= 0.6 is 0 Å². The standard InChI is InChI=1S/C13H16N2O2/c1-8-9-5-4-6-11(17-3)12(9)15(2)13(16)10(8)7-14/h4-6H,7,14H2,1-3H3. The van der Waals surface area contributed by atoms with E-state index < -0.39 is 0 Å². The van der Waals surface area contributed by atoms with Crippen LogP contribution in [0.3, 0.4) is 0 Å². The third-order valence-corrected chi connectivity index (χ3v) is 3.18. The first-order chi connectivity index (χ1) is 8.11. The van der Waals surface area contributed by atoms with Crippen molar-refractivity contribution in [2.75, 3.05) is 7.11 Å². The molecule has 0 unspecified atom stereocenters. The average molecular weight is 232 g/mol. The molecule has 0 spiro atoms. The first-order valence-corrected chi connectivity index (χ1v) is 5.47. The number of rotatable bonds is 2. The van der Waals surface area contributed by atoms with Gasteiger partial charge in [-0.2, -0.15) is 0 Å². The number of fused-ring (bicyclic) bond motifs is 1. The summed E-state index contributed by atoms with van der Waals surface area (Å²) in [6.07, 6.45) is 0. The highest BCUT2D eigenvalue weighted by Crippen LogP contribution is 2.27. The summed E-state index contributed by atoms with van der Waals surface area (Å²) in [7, 11) is 3.34. The minimum absolute atomic E-state index is 0.0537. The van der Waals surface area contributed by atoms with E-state index in [4.69, 9.17) is 10.5 Å². The Bertz CT molecular complexity index is 629. The lowest BCUT2D eigenvalue weighted by atomic mass is 10.0.